The zero-order chi connectivity index (χ0) is 28.7. The number of anilines is 2. The molecule has 0 bridgehead atoms. The van der Waals surface area contributed by atoms with Gasteiger partial charge in [0.15, 0.2) is 20.7 Å². The number of carbonyl (C=O) groups excluding carboxylic acids is 1. The molecule has 1 saturated heterocycles. The molecule has 40 heavy (non-hydrogen) atoms. The van der Waals surface area contributed by atoms with Crippen molar-refractivity contribution in [3.05, 3.63) is 42.0 Å². The van der Waals surface area contributed by atoms with E-state index in [1.807, 2.05) is 26.2 Å². The number of hydrogen-bond acceptors (Lipinski definition) is 12. The quantitative estimate of drug-likeness (QED) is 0.225. The van der Waals surface area contributed by atoms with Crippen LogP contribution < -0.4 is 10.6 Å². The normalized spacial score (nSPS) is 16.8. The second-order valence-corrected chi connectivity index (χ2v) is 12.8. The molecule has 0 saturated carbocycles. The third-order valence-electron chi connectivity index (χ3n) is 6.06. The van der Waals surface area contributed by atoms with Gasteiger partial charge in [0.2, 0.25) is 0 Å². The number of benzene rings is 1. The lowest BCUT2D eigenvalue weighted by molar-refractivity contribution is -0.110. The standard InChI is InChI=1S/C26H34N6O6S2/c1-17(15-36-4)38-31-23(18-5-7-19(8-6-18)40(34,35)20-11-14-37-16-20)24(33)30-26-28-21-9-10-22(29-25(21)39-26)27-12-13-32(2)3/h5-10,17,20H,11-16H2,1-4H3,(H,27,29)(H,28,30,33)/b31-23+/t17-,20+/m1/s1. The molecule has 1 aliphatic rings. The van der Waals surface area contributed by atoms with Gasteiger partial charge in [-0.3, -0.25) is 10.1 Å². The molecule has 0 radical (unpaired) electrons. The molecule has 1 aliphatic heterocycles. The number of methoxy groups -OCH3 is 1. The molecule has 1 aromatic carbocycles. The maximum Gasteiger partial charge on any atom is 0.280 e. The van der Waals surface area contributed by atoms with Crippen LogP contribution in [0.1, 0.15) is 18.9 Å². The van der Waals surface area contributed by atoms with Gasteiger partial charge in [0.25, 0.3) is 5.91 Å². The summed E-state index contributed by atoms with van der Waals surface area (Å²) in [6.45, 7) is 4.22. The van der Waals surface area contributed by atoms with Crippen molar-refractivity contribution in [2.24, 2.45) is 5.16 Å². The number of nitrogens with one attached hydrogen (secondary N) is 2. The largest absolute Gasteiger partial charge is 0.390 e. The molecule has 216 valence electrons. The number of aromatic nitrogens is 2. The first-order chi connectivity index (χ1) is 19.2. The number of thiazole rings is 1. The van der Waals surface area contributed by atoms with Gasteiger partial charge in [-0.25, -0.2) is 18.4 Å². The average Bonchev–Trinajstić information content (AvgIpc) is 3.59. The van der Waals surface area contributed by atoms with Crippen LogP contribution in [0.4, 0.5) is 10.9 Å². The van der Waals surface area contributed by atoms with Crippen LogP contribution in [0.25, 0.3) is 10.3 Å². The molecule has 2 atom stereocenters. The molecule has 0 unspecified atom stereocenters. The summed E-state index contributed by atoms with van der Waals surface area (Å²) in [5, 5.41) is 9.91. The number of hydrogen-bond donors (Lipinski definition) is 2. The number of amides is 1. The number of fused-ring (bicyclic) bond motifs is 1. The Balaban J connectivity index is 1.54. The summed E-state index contributed by atoms with van der Waals surface area (Å²) in [7, 11) is 1.99. The summed E-state index contributed by atoms with van der Waals surface area (Å²) < 4.78 is 36.2. The highest BCUT2D eigenvalue weighted by Gasteiger charge is 2.31. The lowest BCUT2D eigenvalue weighted by Gasteiger charge is -2.12. The Morgan fingerprint density at radius 2 is 2.00 bits per heavy atom. The van der Waals surface area contributed by atoms with E-state index in [-0.39, 0.29) is 23.8 Å². The number of likely N-dealkylation sites (N-methyl/N-ethyl adjacent to an activating group) is 1. The molecule has 1 amide bonds. The van der Waals surface area contributed by atoms with Gasteiger partial charge in [0.1, 0.15) is 22.3 Å². The highest BCUT2D eigenvalue weighted by Crippen LogP contribution is 2.26. The van der Waals surface area contributed by atoms with Crippen LogP contribution in [-0.4, -0.2) is 100 Å². The lowest BCUT2D eigenvalue weighted by atomic mass is 10.1. The zero-order valence-electron chi connectivity index (χ0n) is 22.9. The number of ether oxygens (including phenoxy) is 2. The molecule has 4 rings (SSSR count). The van der Waals surface area contributed by atoms with Crippen LogP contribution in [0.15, 0.2) is 46.4 Å². The highest BCUT2D eigenvalue weighted by atomic mass is 32.2. The summed E-state index contributed by atoms with van der Waals surface area (Å²) in [6, 6.07) is 9.70. The van der Waals surface area contributed by atoms with E-state index in [0.717, 1.165) is 18.9 Å². The average molecular weight is 591 g/mol. The second-order valence-electron chi connectivity index (χ2n) is 9.59. The maximum atomic E-state index is 13.4. The van der Waals surface area contributed by atoms with Crippen LogP contribution in [0.3, 0.4) is 0 Å². The van der Waals surface area contributed by atoms with Crippen LogP contribution >= 0.6 is 11.3 Å². The van der Waals surface area contributed by atoms with Gasteiger partial charge in [0.05, 0.1) is 23.4 Å². The van der Waals surface area contributed by atoms with Crippen LogP contribution in [-0.2, 0) is 28.9 Å². The molecule has 14 heteroatoms. The maximum absolute atomic E-state index is 13.4. The monoisotopic (exact) mass is 590 g/mol. The fourth-order valence-corrected chi connectivity index (χ4v) is 6.33. The number of carbonyl (C=O) groups is 1. The Hall–Kier alpha value is -3.17. The first kappa shape index (κ1) is 29.8. The number of nitrogens with zero attached hydrogens (tertiary/aromatic N) is 4. The third-order valence-corrected chi connectivity index (χ3v) is 9.12. The van der Waals surface area contributed by atoms with Crippen molar-refractivity contribution in [3.8, 4) is 0 Å². The summed E-state index contributed by atoms with van der Waals surface area (Å²) in [4.78, 5) is 30.8. The van der Waals surface area contributed by atoms with Gasteiger partial charge in [-0.2, -0.15) is 0 Å². The summed E-state index contributed by atoms with van der Waals surface area (Å²) >= 11 is 1.23. The molecule has 3 heterocycles. The van der Waals surface area contributed by atoms with Gasteiger partial charge < -0.3 is 24.5 Å². The van der Waals surface area contributed by atoms with Crippen LogP contribution in [0.5, 0.6) is 0 Å². The summed E-state index contributed by atoms with van der Waals surface area (Å²) in [6.07, 6.45) is 0.0367. The van der Waals surface area contributed by atoms with Crippen molar-refractivity contribution < 1.29 is 27.5 Å². The minimum absolute atomic E-state index is 0.0330. The molecule has 1 fully saturated rings. The van der Waals surface area contributed by atoms with E-state index in [4.69, 9.17) is 14.3 Å². The van der Waals surface area contributed by atoms with Crippen LogP contribution in [0.2, 0.25) is 0 Å². The highest BCUT2D eigenvalue weighted by molar-refractivity contribution is 7.92. The number of oxime groups is 1. The Morgan fingerprint density at radius 3 is 2.67 bits per heavy atom. The molecular formula is C26H34N6O6S2. The van der Waals surface area contributed by atoms with Crippen molar-refractivity contribution in [2.45, 2.75) is 29.6 Å². The van der Waals surface area contributed by atoms with Crippen molar-refractivity contribution in [1.29, 1.82) is 0 Å². The first-order valence-corrected chi connectivity index (χ1v) is 15.2. The minimum atomic E-state index is -3.55. The SMILES string of the molecule is COC[C@@H](C)O/N=C(/C(=O)Nc1nc2ccc(NCCN(C)C)nc2s1)c1ccc(S(=O)(=O)[C@H]2CCOC2)cc1. The van der Waals surface area contributed by atoms with E-state index >= 15 is 0 Å². The summed E-state index contributed by atoms with van der Waals surface area (Å²) in [5.41, 5.74) is 0.997. The molecular weight excluding hydrogens is 556 g/mol. The Labute approximate surface area is 237 Å². The van der Waals surface area contributed by atoms with E-state index in [2.05, 4.69) is 30.7 Å². The molecule has 3 aromatic rings. The zero-order valence-corrected chi connectivity index (χ0v) is 24.5. The Bertz CT molecular complexity index is 1440. The van der Waals surface area contributed by atoms with Crippen molar-refractivity contribution in [3.63, 3.8) is 0 Å². The fourth-order valence-electron chi connectivity index (χ4n) is 3.92. The lowest BCUT2D eigenvalue weighted by Crippen LogP contribution is -2.26. The van der Waals surface area contributed by atoms with Crippen LogP contribution in [0, 0.1) is 0 Å². The fraction of sp³-hybridized carbons (Fsp3) is 0.462. The number of pyridine rings is 1. The topological polar surface area (TPSA) is 144 Å². The third kappa shape index (κ3) is 7.52. The van der Waals surface area contributed by atoms with E-state index < -0.39 is 27.1 Å². The molecule has 2 aromatic heterocycles. The number of sulfone groups is 1. The predicted molar refractivity (Wildman–Crippen MR) is 155 cm³/mol. The van der Waals surface area contributed by atoms with Crippen molar-refractivity contribution >= 4 is 54.1 Å². The van der Waals surface area contributed by atoms with Gasteiger partial charge in [-0.1, -0.05) is 28.6 Å². The molecule has 0 spiro atoms. The van der Waals surface area contributed by atoms with Gasteiger partial charge in [-0.05, 0) is 51.7 Å². The van der Waals surface area contributed by atoms with E-state index in [1.54, 1.807) is 6.92 Å². The summed E-state index contributed by atoms with van der Waals surface area (Å²) in [5.74, 6) is 0.158. The van der Waals surface area contributed by atoms with E-state index in [1.165, 1.54) is 42.7 Å². The van der Waals surface area contributed by atoms with Gasteiger partial charge in [-0.15, -0.1) is 0 Å². The van der Waals surface area contributed by atoms with E-state index in [9.17, 15) is 13.2 Å². The Kier molecular flexibility index (Phi) is 10.0. The first-order valence-electron chi connectivity index (χ1n) is 12.8. The van der Waals surface area contributed by atoms with Gasteiger partial charge >= 0.3 is 0 Å². The predicted octanol–water partition coefficient (Wildman–Crippen LogP) is 2.62. The van der Waals surface area contributed by atoms with Crippen molar-refractivity contribution in [2.75, 3.05) is 64.7 Å². The second kappa shape index (κ2) is 13.5. The number of rotatable bonds is 13. The Morgan fingerprint density at radius 1 is 1.23 bits per heavy atom. The molecule has 0 aliphatic carbocycles. The molecule has 12 nitrogen and oxygen atoms in total. The van der Waals surface area contributed by atoms with Crippen molar-refractivity contribution in [1.82, 2.24) is 14.9 Å². The van der Waals surface area contributed by atoms with E-state index in [0.29, 0.717) is 34.1 Å². The smallest absolute Gasteiger partial charge is 0.280 e. The van der Waals surface area contributed by atoms with Gasteiger partial charge in [0, 0.05) is 32.4 Å². The minimum Gasteiger partial charge on any atom is -0.390 e. The molecule has 2 N–H and O–H groups in total.